The first-order chi connectivity index (χ1) is 15.0. The van der Waals surface area contributed by atoms with Crippen LogP contribution < -0.4 is 4.90 Å². The van der Waals surface area contributed by atoms with Crippen LogP contribution in [0.25, 0.3) is 20.8 Å². The molecule has 0 bridgehead atoms. The first-order valence-electron chi connectivity index (χ1n) is 9.29. The zero-order chi connectivity index (χ0) is 23.5. The average Bonchev–Trinajstić information content (AvgIpc) is 3.17. The van der Waals surface area contributed by atoms with Crippen molar-refractivity contribution in [2.75, 3.05) is 38.1 Å². The molecule has 3 aromatic rings. The van der Waals surface area contributed by atoms with Gasteiger partial charge in [-0.1, -0.05) is 0 Å². The molecule has 32 heavy (non-hydrogen) atoms. The SMILES string of the molecule is CN1CCN(c2ccc(-c3nc4ccc([N+](=O)[O-])cc4s3)cn2)CC1.O=C(O)C(F)(F)F. The highest BCUT2D eigenvalue weighted by molar-refractivity contribution is 7.21. The van der Waals surface area contributed by atoms with Gasteiger partial charge >= 0.3 is 12.1 Å². The lowest BCUT2D eigenvalue weighted by molar-refractivity contribution is -0.384. The standard InChI is InChI=1S/C17H17N5O2S.C2HF3O2/c1-20-6-8-21(9-7-20)16-5-2-12(11-18-16)17-19-14-4-3-13(22(23)24)10-15(14)25-17;3-2(4,5)1(6)7/h2-5,10-11H,6-9H2,1H3;(H,6,7). The Hall–Kier alpha value is -3.32. The van der Waals surface area contributed by atoms with Crippen LogP contribution in [-0.4, -0.2) is 70.3 Å². The number of hydrogen-bond acceptors (Lipinski definition) is 8. The van der Waals surface area contributed by atoms with Crippen molar-refractivity contribution in [1.82, 2.24) is 14.9 Å². The molecule has 0 atom stereocenters. The molecule has 3 heterocycles. The van der Waals surface area contributed by atoms with Gasteiger partial charge in [-0.25, -0.2) is 14.8 Å². The van der Waals surface area contributed by atoms with E-state index in [4.69, 9.17) is 9.90 Å². The van der Waals surface area contributed by atoms with Gasteiger partial charge in [0, 0.05) is 50.1 Å². The van der Waals surface area contributed by atoms with E-state index in [9.17, 15) is 23.3 Å². The predicted octanol–water partition coefficient (Wildman–Crippen LogP) is 3.65. The topological polar surface area (TPSA) is 113 Å². The summed E-state index contributed by atoms with van der Waals surface area (Å²) in [5.41, 5.74) is 1.79. The van der Waals surface area contributed by atoms with Crippen LogP contribution in [0.3, 0.4) is 0 Å². The second-order valence-electron chi connectivity index (χ2n) is 6.93. The molecular weight excluding hydrogens is 451 g/mol. The number of fused-ring (bicyclic) bond motifs is 1. The number of benzene rings is 1. The Bertz CT molecular complexity index is 1110. The number of hydrogen-bond donors (Lipinski definition) is 1. The van der Waals surface area contributed by atoms with Gasteiger partial charge in [-0.15, -0.1) is 11.3 Å². The van der Waals surface area contributed by atoms with Crippen LogP contribution in [0.2, 0.25) is 0 Å². The van der Waals surface area contributed by atoms with Gasteiger partial charge < -0.3 is 14.9 Å². The molecule has 0 aliphatic carbocycles. The first-order valence-corrected chi connectivity index (χ1v) is 10.1. The number of pyridine rings is 1. The highest BCUT2D eigenvalue weighted by atomic mass is 32.1. The van der Waals surface area contributed by atoms with E-state index >= 15 is 0 Å². The zero-order valence-electron chi connectivity index (χ0n) is 16.7. The van der Waals surface area contributed by atoms with E-state index in [2.05, 4.69) is 26.8 Å². The number of alkyl halides is 3. The van der Waals surface area contributed by atoms with E-state index in [0.29, 0.717) is 0 Å². The third-order valence-corrected chi connectivity index (χ3v) is 5.71. The molecule has 1 aliphatic heterocycles. The van der Waals surface area contributed by atoms with Crippen molar-refractivity contribution in [2.45, 2.75) is 6.18 Å². The van der Waals surface area contributed by atoms with Crippen LogP contribution in [0.5, 0.6) is 0 Å². The molecule has 9 nitrogen and oxygen atoms in total. The second-order valence-corrected chi connectivity index (χ2v) is 7.96. The largest absolute Gasteiger partial charge is 0.490 e. The van der Waals surface area contributed by atoms with Gasteiger partial charge in [-0.3, -0.25) is 10.1 Å². The monoisotopic (exact) mass is 469 g/mol. The molecule has 0 saturated carbocycles. The van der Waals surface area contributed by atoms with E-state index in [-0.39, 0.29) is 10.6 Å². The normalized spacial score (nSPS) is 14.7. The van der Waals surface area contributed by atoms with Crippen LogP contribution >= 0.6 is 11.3 Å². The van der Waals surface area contributed by atoms with Crippen LogP contribution in [0.1, 0.15) is 0 Å². The van der Waals surface area contributed by atoms with Crippen LogP contribution in [0.4, 0.5) is 24.7 Å². The third kappa shape index (κ3) is 5.68. The molecule has 0 spiro atoms. The summed E-state index contributed by atoms with van der Waals surface area (Å²) >= 11 is 1.45. The number of carbonyl (C=O) groups is 1. The van der Waals surface area contributed by atoms with E-state index in [1.807, 2.05) is 18.3 Å². The van der Waals surface area contributed by atoms with E-state index in [0.717, 1.165) is 52.8 Å². The number of anilines is 1. The molecular formula is C19H18F3N5O4S. The molecule has 0 radical (unpaired) electrons. The second kappa shape index (κ2) is 9.44. The quantitative estimate of drug-likeness (QED) is 0.457. The molecule has 1 fully saturated rings. The number of nitro benzene ring substituents is 1. The zero-order valence-corrected chi connectivity index (χ0v) is 17.6. The summed E-state index contributed by atoms with van der Waals surface area (Å²) in [6.45, 7) is 4.04. The Labute approximate surface area is 183 Å². The van der Waals surface area contributed by atoms with Crippen molar-refractivity contribution >= 4 is 39.0 Å². The number of thiazole rings is 1. The summed E-state index contributed by atoms with van der Waals surface area (Å²) in [6.07, 6.45) is -3.25. The number of carboxylic acid groups (broad SMARTS) is 1. The van der Waals surface area contributed by atoms with Crippen molar-refractivity contribution in [3.8, 4) is 10.6 Å². The molecule has 2 aromatic heterocycles. The lowest BCUT2D eigenvalue weighted by Crippen LogP contribution is -2.44. The number of halogens is 3. The number of rotatable bonds is 3. The van der Waals surface area contributed by atoms with Crippen molar-refractivity contribution < 1.29 is 28.0 Å². The minimum Gasteiger partial charge on any atom is -0.475 e. The number of carboxylic acids is 1. The van der Waals surface area contributed by atoms with Crippen molar-refractivity contribution in [3.05, 3.63) is 46.6 Å². The summed E-state index contributed by atoms with van der Waals surface area (Å²) < 4.78 is 32.5. The van der Waals surface area contributed by atoms with Gasteiger partial charge in [0.1, 0.15) is 10.8 Å². The van der Waals surface area contributed by atoms with Gasteiger partial charge in [0.25, 0.3) is 5.69 Å². The highest BCUT2D eigenvalue weighted by Gasteiger charge is 2.38. The lowest BCUT2D eigenvalue weighted by Gasteiger charge is -2.33. The lowest BCUT2D eigenvalue weighted by atomic mass is 10.2. The molecule has 0 unspecified atom stereocenters. The first kappa shape index (κ1) is 23.3. The Kier molecular flexibility index (Phi) is 6.89. The van der Waals surface area contributed by atoms with Gasteiger partial charge in [-0.2, -0.15) is 13.2 Å². The number of aromatic nitrogens is 2. The van der Waals surface area contributed by atoms with Gasteiger partial charge in [0.05, 0.1) is 15.1 Å². The highest BCUT2D eigenvalue weighted by Crippen LogP contribution is 2.32. The fourth-order valence-corrected chi connectivity index (χ4v) is 3.87. The maximum Gasteiger partial charge on any atom is 0.490 e. The molecule has 4 rings (SSSR count). The molecule has 1 N–H and O–H groups in total. The Morgan fingerprint density at radius 1 is 1.19 bits per heavy atom. The van der Waals surface area contributed by atoms with Gasteiger partial charge in [0.15, 0.2) is 0 Å². The number of likely N-dealkylation sites (N-methyl/N-ethyl adjacent to an activating group) is 1. The summed E-state index contributed by atoms with van der Waals surface area (Å²) in [5.74, 6) is -1.78. The van der Waals surface area contributed by atoms with Crippen LogP contribution in [-0.2, 0) is 4.79 Å². The third-order valence-electron chi connectivity index (χ3n) is 4.65. The molecule has 0 amide bonds. The molecule has 1 aliphatic rings. The van der Waals surface area contributed by atoms with E-state index < -0.39 is 12.1 Å². The summed E-state index contributed by atoms with van der Waals surface area (Å²) in [7, 11) is 2.13. The van der Waals surface area contributed by atoms with Crippen molar-refractivity contribution in [1.29, 1.82) is 0 Å². The number of nitrogens with zero attached hydrogens (tertiary/aromatic N) is 5. The Balaban J connectivity index is 0.000000360. The minimum atomic E-state index is -5.08. The van der Waals surface area contributed by atoms with E-state index in [1.54, 1.807) is 12.1 Å². The van der Waals surface area contributed by atoms with E-state index in [1.165, 1.54) is 17.4 Å². The van der Waals surface area contributed by atoms with Crippen LogP contribution in [0.15, 0.2) is 36.5 Å². The molecule has 1 aromatic carbocycles. The fourth-order valence-electron chi connectivity index (χ4n) is 2.89. The van der Waals surface area contributed by atoms with Crippen molar-refractivity contribution in [3.63, 3.8) is 0 Å². The van der Waals surface area contributed by atoms with Crippen LogP contribution in [0, 0.1) is 10.1 Å². The summed E-state index contributed by atoms with van der Waals surface area (Å²) in [4.78, 5) is 33.2. The summed E-state index contributed by atoms with van der Waals surface area (Å²) in [5, 5.41) is 18.9. The van der Waals surface area contributed by atoms with Crippen molar-refractivity contribution in [2.24, 2.45) is 0 Å². The molecule has 13 heteroatoms. The number of nitro groups is 1. The molecule has 1 saturated heterocycles. The number of aliphatic carboxylic acids is 1. The number of non-ortho nitro benzene ring substituents is 1. The fraction of sp³-hybridized carbons (Fsp3) is 0.316. The average molecular weight is 469 g/mol. The minimum absolute atomic E-state index is 0.0891. The molecule has 170 valence electrons. The predicted molar refractivity (Wildman–Crippen MR) is 113 cm³/mol. The smallest absolute Gasteiger partial charge is 0.475 e. The van der Waals surface area contributed by atoms with Gasteiger partial charge in [-0.05, 0) is 25.2 Å². The Morgan fingerprint density at radius 3 is 2.38 bits per heavy atom. The Morgan fingerprint density at radius 2 is 1.84 bits per heavy atom. The maximum atomic E-state index is 10.9. The maximum absolute atomic E-state index is 10.9. The summed E-state index contributed by atoms with van der Waals surface area (Å²) in [6, 6.07) is 8.80. The number of piperazine rings is 1. The van der Waals surface area contributed by atoms with Gasteiger partial charge in [0.2, 0.25) is 0 Å².